The number of non-ortho nitro benzene ring substituents is 1. The number of benzene rings is 2. The predicted octanol–water partition coefficient (Wildman–Crippen LogP) is 6.45. The second-order valence-corrected chi connectivity index (χ2v) is 9.11. The molecule has 0 saturated carbocycles. The molecule has 0 atom stereocenters. The monoisotopic (exact) mass is 549 g/mol. The number of hydrogen-bond acceptors (Lipinski definition) is 7. The molecule has 0 radical (unpaired) electrons. The van der Waals surface area contributed by atoms with E-state index in [2.05, 4.69) is 15.4 Å². The molecule has 0 aliphatic heterocycles. The van der Waals surface area contributed by atoms with Gasteiger partial charge in [-0.25, -0.2) is 9.50 Å². The van der Waals surface area contributed by atoms with Crippen LogP contribution in [0.2, 0.25) is 0 Å². The number of ether oxygens (including phenoxy) is 1. The number of rotatable bonds is 6. The van der Waals surface area contributed by atoms with Crippen LogP contribution in [0.4, 0.5) is 24.5 Å². The topological polar surface area (TPSA) is 125 Å². The predicted molar refractivity (Wildman–Crippen MR) is 135 cm³/mol. The summed E-state index contributed by atoms with van der Waals surface area (Å²) in [6.45, 7) is 0. The molecular weight excluding hydrogens is 531 g/mol. The van der Waals surface area contributed by atoms with Crippen molar-refractivity contribution in [1.29, 1.82) is 0 Å². The first kappa shape index (κ1) is 25.1. The van der Waals surface area contributed by atoms with Gasteiger partial charge in [0.1, 0.15) is 22.8 Å². The Kier molecular flexibility index (Phi) is 5.97. The van der Waals surface area contributed by atoms with Gasteiger partial charge in [-0.1, -0.05) is 6.07 Å². The Balaban J connectivity index is 1.35. The molecule has 2 aromatic carbocycles. The summed E-state index contributed by atoms with van der Waals surface area (Å²) in [6.07, 6.45) is 0.341. The summed E-state index contributed by atoms with van der Waals surface area (Å²) >= 11 is 0. The van der Waals surface area contributed by atoms with Gasteiger partial charge in [-0.15, -0.1) is 0 Å². The van der Waals surface area contributed by atoms with Gasteiger partial charge in [-0.3, -0.25) is 14.9 Å². The highest BCUT2D eigenvalue weighted by Gasteiger charge is 2.36. The van der Waals surface area contributed by atoms with Crippen LogP contribution < -0.4 is 10.1 Å². The smallest absolute Gasteiger partial charge is 0.433 e. The highest BCUT2D eigenvalue weighted by Crippen LogP contribution is 2.35. The van der Waals surface area contributed by atoms with Gasteiger partial charge in [0.2, 0.25) is 0 Å². The number of carbonyl (C=O) groups is 1. The molecule has 10 nitrogen and oxygen atoms in total. The first-order valence-electron chi connectivity index (χ1n) is 12.1. The standard InChI is InChI=1S/C27H18F3N5O5/c28-27(29,30)24-13-22(23-5-2-8-39-23)33-25-21(14-31-34(24)25)26(36)32-17-10-18(35(37)38)12-20(11-17)40-19-7-6-15-3-1-4-16(15)9-19/h2,5-14H,1,3-4H2,(H,32,36). The maximum atomic E-state index is 13.8. The van der Waals surface area contributed by atoms with Gasteiger partial charge in [0.15, 0.2) is 17.1 Å². The average Bonchev–Trinajstić information content (AvgIpc) is 3.68. The molecule has 0 spiro atoms. The van der Waals surface area contributed by atoms with Crippen LogP contribution in [-0.2, 0) is 19.0 Å². The number of carbonyl (C=O) groups excluding carboxylic acids is 1. The molecule has 5 aromatic rings. The van der Waals surface area contributed by atoms with Crippen LogP contribution in [0.1, 0.15) is 33.6 Å². The molecule has 1 aliphatic rings. The number of nitro groups is 1. The minimum absolute atomic E-state index is 0.00653. The molecule has 1 aliphatic carbocycles. The largest absolute Gasteiger partial charge is 0.463 e. The summed E-state index contributed by atoms with van der Waals surface area (Å²) in [5, 5.41) is 17.8. The number of nitro benzene ring substituents is 1. The molecule has 1 N–H and O–H groups in total. The first-order chi connectivity index (χ1) is 19.2. The lowest BCUT2D eigenvalue weighted by atomic mass is 10.1. The Morgan fingerprint density at radius 3 is 2.65 bits per heavy atom. The fourth-order valence-electron chi connectivity index (χ4n) is 4.64. The molecule has 3 heterocycles. The van der Waals surface area contributed by atoms with Gasteiger partial charge < -0.3 is 14.5 Å². The first-order valence-corrected chi connectivity index (χ1v) is 12.1. The maximum absolute atomic E-state index is 13.8. The van der Waals surface area contributed by atoms with Crippen LogP contribution in [0, 0.1) is 10.1 Å². The lowest BCUT2D eigenvalue weighted by Gasteiger charge is -2.11. The summed E-state index contributed by atoms with van der Waals surface area (Å²) in [4.78, 5) is 28.3. The number of nitrogens with zero attached hydrogens (tertiary/aromatic N) is 4. The highest BCUT2D eigenvalue weighted by atomic mass is 19.4. The lowest BCUT2D eigenvalue weighted by Crippen LogP contribution is -2.16. The van der Waals surface area contributed by atoms with E-state index in [0.29, 0.717) is 10.3 Å². The molecular formula is C27H18F3N5O5. The molecule has 1 amide bonds. The molecule has 6 rings (SSSR count). The van der Waals surface area contributed by atoms with Gasteiger partial charge >= 0.3 is 6.18 Å². The number of furan rings is 1. The van der Waals surface area contributed by atoms with E-state index in [4.69, 9.17) is 9.15 Å². The highest BCUT2D eigenvalue weighted by molar-refractivity contribution is 6.08. The molecule has 202 valence electrons. The van der Waals surface area contributed by atoms with Gasteiger partial charge in [-0.05, 0) is 60.7 Å². The molecule has 0 saturated heterocycles. The molecule has 0 bridgehead atoms. The number of alkyl halides is 3. The van der Waals surface area contributed by atoms with Crippen molar-refractivity contribution < 1.29 is 32.0 Å². The third-order valence-corrected chi connectivity index (χ3v) is 6.45. The van der Waals surface area contributed by atoms with Gasteiger partial charge in [0, 0.05) is 12.1 Å². The molecule has 13 heteroatoms. The zero-order chi connectivity index (χ0) is 28.0. The Hall–Kier alpha value is -5.20. The van der Waals surface area contributed by atoms with Crippen LogP contribution in [-0.4, -0.2) is 25.4 Å². The maximum Gasteiger partial charge on any atom is 0.433 e. The fourth-order valence-corrected chi connectivity index (χ4v) is 4.64. The second-order valence-electron chi connectivity index (χ2n) is 9.11. The van der Waals surface area contributed by atoms with Crippen LogP contribution >= 0.6 is 0 Å². The Labute approximate surface area is 223 Å². The summed E-state index contributed by atoms with van der Waals surface area (Å²) in [6, 6.07) is 13.0. The number of hydrogen-bond donors (Lipinski definition) is 1. The number of nitrogens with one attached hydrogen (secondary N) is 1. The zero-order valence-electron chi connectivity index (χ0n) is 20.4. The van der Waals surface area contributed by atoms with E-state index in [1.165, 1.54) is 36.1 Å². The summed E-state index contributed by atoms with van der Waals surface area (Å²) in [7, 11) is 0. The van der Waals surface area contributed by atoms with E-state index in [9.17, 15) is 28.1 Å². The zero-order valence-corrected chi connectivity index (χ0v) is 20.4. The Bertz CT molecular complexity index is 1780. The van der Waals surface area contributed by atoms with Crippen molar-refractivity contribution in [2.75, 3.05) is 5.32 Å². The number of aromatic nitrogens is 3. The second kappa shape index (κ2) is 9.52. The molecule has 3 aromatic heterocycles. The number of amides is 1. The summed E-state index contributed by atoms with van der Waals surface area (Å²) < 4.78 is 53.0. The van der Waals surface area contributed by atoms with Crippen LogP contribution in [0.3, 0.4) is 0 Å². The third kappa shape index (κ3) is 4.72. The molecule has 0 unspecified atom stereocenters. The quantitative estimate of drug-likeness (QED) is 0.191. The van der Waals surface area contributed by atoms with Gasteiger partial charge in [0.05, 0.1) is 29.1 Å². The number of anilines is 1. The van der Waals surface area contributed by atoms with E-state index in [-0.39, 0.29) is 39.8 Å². The average molecular weight is 549 g/mol. The minimum atomic E-state index is -4.81. The number of halogens is 3. The van der Waals surface area contributed by atoms with Crippen molar-refractivity contribution in [3.8, 4) is 23.0 Å². The van der Waals surface area contributed by atoms with Crippen molar-refractivity contribution in [3.63, 3.8) is 0 Å². The Morgan fingerprint density at radius 1 is 1.07 bits per heavy atom. The minimum Gasteiger partial charge on any atom is -0.463 e. The summed E-state index contributed by atoms with van der Waals surface area (Å²) in [5.74, 6) is -0.237. The number of aryl methyl sites for hydroxylation is 2. The number of fused-ring (bicyclic) bond motifs is 2. The van der Waals surface area contributed by atoms with Crippen molar-refractivity contribution in [2.45, 2.75) is 25.4 Å². The lowest BCUT2D eigenvalue weighted by molar-refractivity contribution is -0.384. The fraction of sp³-hybridized carbons (Fsp3) is 0.148. The Morgan fingerprint density at radius 2 is 1.90 bits per heavy atom. The summed E-state index contributed by atoms with van der Waals surface area (Å²) in [5.41, 5.74) is 0.0298. The molecule has 0 fully saturated rings. The van der Waals surface area contributed by atoms with E-state index in [1.807, 2.05) is 12.1 Å². The van der Waals surface area contributed by atoms with Crippen LogP contribution in [0.5, 0.6) is 11.5 Å². The van der Waals surface area contributed by atoms with Crippen molar-refractivity contribution in [3.05, 3.63) is 99.6 Å². The van der Waals surface area contributed by atoms with E-state index in [0.717, 1.165) is 43.2 Å². The van der Waals surface area contributed by atoms with E-state index in [1.54, 1.807) is 6.07 Å². The SMILES string of the molecule is O=C(Nc1cc(Oc2ccc3c(c2)CCC3)cc([N+](=O)[O-])c1)c1cnn2c(C(F)(F)F)cc(-c3ccco3)nc12. The van der Waals surface area contributed by atoms with Crippen molar-refractivity contribution in [2.24, 2.45) is 0 Å². The van der Waals surface area contributed by atoms with Gasteiger partial charge in [-0.2, -0.15) is 18.3 Å². The van der Waals surface area contributed by atoms with E-state index >= 15 is 0 Å². The van der Waals surface area contributed by atoms with Crippen LogP contribution in [0.25, 0.3) is 17.1 Å². The molecule has 40 heavy (non-hydrogen) atoms. The third-order valence-electron chi connectivity index (χ3n) is 6.45. The van der Waals surface area contributed by atoms with Crippen molar-refractivity contribution >= 4 is 22.9 Å². The normalized spacial score (nSPS) is 12.9. The van der Waals surface area contributed by atoms with E-state index < -0.39 is 22.7 Å². The van der Waals surface area contributed by atoms with Crippen molar-refractivity contribution in [1.82, 2.24) is 14.6 Å². The van der Waals surface area contributed by atoms with Gasteiger partial charge in [0.25, 0.3) is 11.6 Å². The van der Waals surface area contributed by atoms with Crippen LogP contribution in [0.15, 0.2) is 71.5 Å².